The van der Waals surface area contributed by atoms with Crippen LogP contribution in [0.4, 0.5) is 0 Å². The molecule has 0 aliphatic heterocycles. The number of benzene rings is 1. The van der Waals surface area contributed by atoms with E-state index in [1.807, 2.05) is 13.1 Å². The quantitative estimate of drug-likeness (QED) is 0.914. The van der Waals surface area contributed by atoms with Gasteiger partial charge in [-0.2, -0.15) is 0 Å². The van der Waals surface area contributed by atoms with E-state index < -0.39 is 0 Å². The van der Waals surface area contributed by atoms with Crippen LogP contribution in [-0.4, -0.2) is 22.6 Å². The molecule has 0 spiro atoms. The summed E-state index contributed by atoms with van der Waals surface area (Å²) in [6, 6.07) is 8.79. The van der Waals surface area contributed by atoms with Crippen LogP contribution in [0.1, 0.15) is 33.0 Å². The molecule has 104 valence electrons. The van der Waals surface area contributed by atoms with Gasteiger partial charge < -0.3 is 9.88 Å². The molecule has 1 heterocycles. The van der Waals surface area contributed by atoms with Crippen molar-refractivity contribution < 1.29 is 0 Å². The Morgan fingerprint density at radius 1 is 1.26 bits per heavy atom. The first-order valence-electron chi connectivity index (χ1n) is 6.98. The molecule has 0 radical (unpaired) electrons. The molecule has 19 heavy (non-hydrogen) atoms. The summed E-state index contributed by atoms with van der Waals surface area (Å²) in [4.78, 5) is 4.75. The van der Waals surface area contributed by atoms with E-state index in [0.717, 1.165) is 24.2 Å². The minimum absolute atomic E-state index is 0.332. The van der Waals surface area contributed by atoms with Crippen LogP contribution < -0.4 is 5.32 Å². The van der Waals surface area contributed by atoms with Crippen molar-refractivity contribution in [3.63, 3.8) is 0 Å². The Morgan fingerprint density at radius 3 is 2.53 bits per heavy atom. The Kier molecular flexibility index (Phi) is 3.95. The second-order valence-corrected chi connectivity index (χ2v) is 6.53. The van der Waals surface area contributed by atoms with E-state index in [2.05, 4.69) is 55.9 Å². The van der Waals surface area contributed by atoms with Gasteiger partial charge in [0.1, 0.15) is 5.82 Å². The van der Waals surface area contributed by atoms with Crippen LogP contribution in [0.25, 0.3) is 11.0 Å². The van der Waals surface area contributed by atoms with Crippen LogP contribution in [0.5, 0.6) is 0 Å². The van der Waals surface area contributed by atoms with E-state index in [4.69, 9.17) is 4.98 Å². The van der Waals surface area contributed by atoms with Crippen LogP contribution in [0.15, 0.2) is 24.3 Å². The number of nitrogens with zero attached hydrogens (tertiary/aromatic N) is 2. The van der Waals surface area contributed by atoms with Crippen molar-refractivity contribution >= 4 is 11.0 Å². The van der Waals surface area contributed by atoms with E-state index in [1.165, 1.54) is 5.52 Å². The van der Waals surface area contributed by atoms with E-state index in [1.54, 1.807) is 0 Å². The van der Waals surface area contributed by atoms with Crippen molar-refractivity contribution in [1.29, 1.82) is 0 Å². The first-order chi connectivity index (χ1) is 8.90. The molecule has 2 aromatic rings. The zero-order valence-corrected chi connectivity index (χ0v) is 12.7. The maximum atomic E-state index is 4.75. The second kappa shape index (κ2) is 5.33. The van der Waals surface area contributed by atoms with Crippen molar-refractivity contribution in [2.45, 2.75) is 39.7 Å². The van der Waals surface area contributed by atoms with E-state index in [9.17, 15) is 0 Å². The van der Waals surface area contributed by atoms with Crippen molar-refractivity contribution in [1.82, 2.24) is 14.9 Å². The van der Waals surface area contributed by atoms with Crippen molar-refractivity contribution in [3.05, 3.63) is 30.1 Å². The number of fused-ring (bicyclic) bond motifs is 1. The average Bonchev–Trinajstić information content (AvgIpc) is 2.64. The number of likely N-dealkylation sites (N-methyl/N-ethyl adjacent to an activating group) is 1. The maximum Gasteiger partial charge on any atom is 0.111 e. The number of aryl methyl sites for hydroxylation is 1. The Morgan fingerprint density at radius 2 is 1.95 bits per heavy atom. The van der Waals surface area contributed by atoms with Gasteiger partial charge in [0.25, 0.3) is 0 Å². The fraction of sp³-hybridized carbons (Fsp3) is 0.562. The van der Waals surface area contributed by atoms with Gasteiger partial charge in [0.15, 0.2) is 0 Å². The normalized spacial score (nSPS) is 13.9. The van der Waals surface area contributed by atoms with Gasteiger partial charge in [-0.05, 0) is 31.0 Å². The average molecular weight is 259 g/mol. The van der Waals surface area contributed by atoms with Crippen molar-refractivity contribution in [3.8, 4) is 0 Å². The van der Waals surface area contributed by atoms with Crippen molar-refractivity contribution in [2.75, 3.05) is 7.05 Å². The number of para-hydroxylation sites is 2. The van der Waals surface area contributed by atoms with Crippen molar-refractivity contribution in [2.24, 2.45) is 12.5 Å². The molecule has 0 aliphatic carbocycles. The summed E-state index contributed by atoms with van der Waals surface area (Å²) < 4.78 is 2.21. The largest absolute Gasteiger partial charge is 0.331 e. The molecule has 1 aromatic carbocycles. The number of hydrogen-bond acceptors (Lipinski definition) is 2. The number of imidazole rings is 1. The van der Waals surface area contributed by atoms with E-state index >= 15 is 0 Å². The first kappa shape index (κ1) is 14.1. The fourth-order valence-electron chi connectivity index (χ4n) is 2.61. The third-order valence-corrected chi connectivity index (χ3v) is 3.58. The molecule has 2 rings (SSSR count). The number of rotatable bonds is 4. The van der Waals surface area contributed by atoms with Crippen LogP contribution in [-0.2, 0) is 13.5 Å². The molecule has 1 unspecified atom stereocenters. The molecule has 3 heteroatoms. The van der Waals surface area contributed by atoms with Gasteiger partial charge in [-0.15, -0.1) is 0 Å². The van der Waals surface area contributed by atoms with E-state index in [0.29, 0.717) is 11.5 Å². The monoisotopic (exact) mass is 259 g/mol. The highest BCUT2D eigenvalue weighted by atomic mass is 15.1. The third kappa shape index (κ3) is 3.35. The molecule has 1 N–H and O–H groups in total. The number of hydrogen-bond donors (Lipinski definition) is 1. The SMILES string of the molecule is CNC(Cc1nc2ccccc2n1C)CC(C)(C)C. The summed E-state index contributed by atoms with van der Waals surface area (Å²) in [5, 5.41) is 3.43. The number of aromatic nitrogens is 2. The zero-order chi connectivity index (χ0) is 14.0. The lowest BCUT2D eigenvalue weighted by molar-refractivity contribution is 0.313. The number of nitrogens with one attached hydrogen (secondary N) is 1. The molecule has 0 saturated carbocycles. The molecule has 0 fully saturated rings. The molecule has 0 bridgehead atoms. The lowest BCUT2D eigenvalue weighted by atomic mass is 9.87. The highest BCUT2D eigenvalue weighted by Crippen LogP contribution is 2.23. The van der Waals surface area contributed by atoms with Gasteiger partial charge in [0.2, 0.25) is 0 Å². The zero-order valence-electron chi connectivity index (χ0n) is 12.7. The smallest absolute Gasteiger partial charge is 0.111 e. The van der Waals surface area contributed by atoms with Gasteiger partial charge >= 0.3 is 0 Å². The highest BCUT2D eigenvalue weighted by Gasteiger charge is 2.19. The topological polar surface area (TPSA) is 29.9 Å². The molecule has 1 aromatic heterocycles. The van der Waals surface area contributed by atoms with Gasteiger partial charge in [-0.1, -0.05) is 32.9 Å². The molecule has 3 nitrogen and oxygen atoms in total. The van der Waals surface area contributed by atoms with Crippen LogP contribution >= 0.6 is 0 Å². The Labute approximate surface area is 116 Å². The fourth-order valence-corrected chi connectivity index (χ4v) is 2.61. The van der Waals surface area contributed by atoms with Gasteiger partial charge in [-0.25, -0.2) is 4.98 Å². The van der Waals surface area contributed by atoms with Crippen LogP contribution in [0.3, 0.4) is 0 Å². The molecule has 0 amide bonds. The lowest BCUT2D eigenvalue weighted by Gasteiger charge is -2.25. The summed E-state index contributed by atoms with van der Waals surface area (Å²) in [5.74, 6) is 1.16. The van der Waals surface area contributed by atoms with Crippen LogP contribution in [0.2, 0.25) is 0 Å². The minimum atomic E-state index is 0.332. The Balaban J connectivity index is 2.22. The van der Waals surface area contributed by atoms with Gasteiger partial charge in [0, 0.05) is 19.5 Å². The second-order valence-electron chi connectivity index (χ2n) is 6.53. The molecular weight excluding hydrogens is 234 g/mol. The summed E-state index contributed by atoms with van der Waals surface area (Å²) in [5.41, 5.74) is 2.63. The Bertz CT molecular complexity index is 549. The maximum absolute atomic E-state index is 4.75. The molecule has 0 saturated heterocycles. The van der Waals surface area contributed by atoms with Gasteiger partial charge in [0.05, 0.1) is 11.0 Å². The summed E-state index contributed by atoms with van der Waals surface area (Å²) in [7, 11) is 4.15. The standard InChI is InChI=1S/C16H25N3/c1-16(2,3)11-12(17-4)10-15-18-13-8-6-7-9-14(13)19(15)5/h6-9,12,17H,10-11H2,1-5H3. The third-order valence-electron chi connectivity index (χ3n) is 3.58. The summed E-state index contributed by atoms with van der Waals surface area (Å²) in [6.45, 7) is 6.85. The molecule has 0 aliphatic rings. The lowest BCUT2D eigenvalue weighted by Crippen LogP contribution is -2.32. The van der Waals surface area contributed by atoms with Gasteiger partial charge in [-0.3, -0.25) is 0 Å². The summed E-state index contributed by atoms with van der Waals surface area (Å²) >= 11 is 0. The first-order valence-corrected chi connectivity index (χ1v) is 6.98. The minimum Gasteiger partial charge on any atom is -0.331 e. The molecule has 1 atom stereocenters. The Hall–Kier alpha value is -1.35. The molecular formula is C16H25N3. The predicted molar refractivity (Wildman–Crippen MR) is 81.3 cm³/mol. The predicted octanol–water partition coefficient (Wildman–Crippen LogP) is 3.14. The highest BCUT2D eigenvalue weighted by molar-refractivity contribution is 5.75. The van der Waals surface area contributed by atoms with Crippen LogP contribution in [0, 0.1) is 5.41 Å². The summed E-state index contributed by atoms with van der Waals surface area (Å²) in [6.07, 6.45) is 2.12. The van der Waals surface area contributed by atoms with E-state index in [-0.39, 0.29) is 0 Å².